The van der Waals surface area contributed by atoms with E-state index in [2.05, 4.69) is 15.0 Å². The quantitative estimate of drug-likeness (QED) is 0.857. The molecule has 1 saturated carbocycles. The average molecular weight is 273 g/mol. The van der Waals surface area contributed by atoms with Crippen molar-refractivity contribution in [2.45, 2.75) is 44.1 Å². The van der Waals surface area contributed by atoms with Crippen molar-refractivity contribution in [3.63, 3.8) is 0 Å². The van der Waals surface area contributed by atoms with E-state index in [4.69, 9.17) is 8.94 Å². The number of hydrogen-bond acceptors (Lipinski definition) is 5. The summed E-state index contributed by atoms with van der Waals surface area (Å²) in [6.45, 7) is 2.96. The topological polar surface area (TPSA) is 55.3 Å². The van der Waals surface area contributed by atoms with Crippen LogP contribution in [0.5, 0.6) is 0 Å². The molecule has 0 bridgehead atoms. The van der Waals surface area contributed by atoms with Gasteiger partial charge in [-0.2, -0.15) is 4.98 Å². The highest BCUT2D eigenvalue weighted by molar-refractivity contribution is 5.06. The minimum absolute atomic E-state index is 0.374. The molecule has 0 radical (unpaired) electrons. The summed E-state index contributed by atoms with van der Waals surface area (Å²) in [5.41, 5.74) is 0. The molecule has 1 atom stereocenters. The molecule has 2 aromatic heterocycles. The molecule has 2 aromatic rings. The second kappa shape index (κ2) is 5.05. The molecule has 0 aromatic carbocycles. The van der Waals surface area contributed by atoms with Crippen molar-refractivity contribution < 1.29 is 8.94 Å². The lowest BCUT2D eigenvalue weighted by molar-refractivity contribution is 0.169. The molecule has 3 heterocycles. The van der Waals surface area contributed by atoms with Crippen LogP contribution >= 0.6 is 0 Å². The van der Waals surface area contributed by atoms with Crippen molar-refractivity contribution >= 4 is 0 Å². The Labute approximate surface area is 118 Å². The fourth-order valence-electron chi connectivity index (χ4n) is 2.94. The maximum atomic E-state index is 5.48. The average Bonchev–Trinajstić information content (AvgIpc) is 3.00. The zero-order valence-electron chi connectivity index (χ0n) is 11.5. The number of rotatable bonds is 4. The van der Waals surface area contributed by atoms with Crippen LogP contribution in [-0.2, 0) is 6.54 Å². The van der Waals surface area contributed by atoms with E-state index in [-0.39, 0.29) is 0 Å². The molecule has 1 aliphatic carbocycles. The highest BCUT2D eigenvalue weighted by atomic mass is 16.5. The molecule has 2 aliphatic rings. The van der Waals surface area contributed by atoms with Gasteiger partial charge in [-0.25, -0.2) is 0 Å². The fraction of sp³-hybridized carbons (Fsp3) is 0.600. The zero-order valence-corrected chi connectivity index (χ0v) is 11.5. The van der Waals surface area contributed by atoms with E-state index in [0.717, 1.165) is 43.5 Å². The van der Waals surface area contributed by atoms with Gasteiger partial charge in [-0.15, -0.1) is 0 Å². The first kappa shape index (κ1) is 12.1. The number of hydrogen-bond donors (Lipinski definition) is 0. The SMILES string of the molecule is c1coc(CN2CCC[C@H](c3nc(C4CC4)no3)C2)c1. The molecule has 0 N–H and O–H groups in total. The summed E-state index contributed by atoms with van der Waals surface area (Å²) in [4.78, 5) is 7.01. The summed E-state index contributed by atoms with van der Waals surface area (Å²) < 4.78 is 10.9. The van der Waals surface area contributed by atoms with Gasteiger partial charge in [0.15, 0.2) is 5.82 Å². The third kappa shape index (κ3) is 2.50. The Morgan fingerprint density at radius 1 is 1.25 bits per heavy atom. The molecule has 106 valence electrons. The summed E-state index contributed by atoms with van der Waals surface area (Å²) in [5.74, 6) is 3.71. The van der Waals surface area contributed by atoms with Crippen LogP contribution in [0.3, 0.4) is 0 Å². The first-order chi connectivity index (χ1) is 9.88. The van der Waals surface area contributed by atoms with Gasteiger partial charge < -0.3 is 8.94 Å². The van der Waals surface area contributed by atoms with Gasteiger partial charge in [-0.1, -0.05) is 5.16 Å². The Morgan fingerprint density at radius 2 is 2.20 bits per heavy atom. The number of furan rings is 1. The number of likely N-dealkylation sites (tertiary alicyclic amines) is 1. The predicted octanol–water partition coefficient (Wildman–Crippen LogP) is 2.92. The van der Waals surface area contributed by atoms with Crippen LogP contribution in [0.25, 0.3) is 0 Å². The lowest BCUT2D eigenvalue weighted by Gasteiger charge is -2.30. The first-order valence-corrected chi connectivity index (χ1v) is 7.47. The summed E-state index contributed by atoms with van der Waals surface area (Å²) in [7, 11) is 0. The second-order valence-electron chi connectivity index (χ2n) is 5.92. The smallest absolute Gasteiger partial charge is 0.231 e. The first-order valence-electron chi connectivity index (χ1n) is 7.47. The van der Waals surface area contributed by atoms with Crippen molar-refractivity contribution in [1.82, 2.24) is 15.0 Å². The standard InChI is InChI=1S/C15H19N3O2/c1-3-12(15-16-14(17-20-15)11-5-6-11)9-18(7-1)10-13-4-2-8-19-13/h2,4,8,11-12H,1,3,5-7,9-10H2/t12-/m0/s1. The van der Waals surface area contributed by atoms with Gasteiger partial charge in [0.1, 0.15) is 5.76 Å². The Balaban J connectivity index is 1.42. The second-order valence-corrected chi connectivity index (χ2v) is 5.92. The van der Waals surface area contributed by atoms with Crippen molar-refractivity contribution in [1.29, 1.82) is 0 Å². The van der Waals surface area contributed by atoms with Crippen LogP contribution in [0.15, 0.2) is 27.3 Å². The van der Waals surface area contributed by atoms with Crippen LogP contribution in [0.4, 0.5) is 0 Å². The Bertz CT molecular complexity index is 559. The Kier molecular flexibility index (Phi) is 3.07. The highest BCUT2D eigenvalue weighted by Gasteiger charge is 2.31. The van der Waals surface area contributed by atoms with Crippen molar-refractivity contribution in [3.05, 3.63) is 35.9 Å². The summed E-state index contributed by atoms with van der Waals surface area (Å²) >= 11 is 0. The molecule has 5 nitrogen and oxygen atoms in total. The summed E-state index contributed by atoms with van der Waals surface area (Å²) in [6.07, 6.45) is 6.48. The molecule has 0 spiro atoms. The van der Waals surface area contributed by atoms with E-state index in [1.807, 2.05) is 12.1 Å². The van der Waals surface area contributed by atoms with E-state index < -0.39 is 0 Å². The van der Waals surface area contributed by atoms with Crippen LogP contribution in [0, 0.1) is 0 Å². The van der Waals surface area contributed by atoms with Crippen molar-refractivity contribution in [2.75, 3.05) is 13.1 Å². The maximum Gasteiger partial charge on any atom is 0.231 e. The largest absolute Gasteiger partial charge is 0.468 e. The third-order valence-corrected chi connectivity index (χ3v) is 4.21. The van der Waals surface area contributed by atoms with Gasteiger partial charge in [0.05, 0.1) is 18.7 Å². The van der Waals surface area contributed by atoms with Crippen molar-refractivity contribution in [3.8, 4) is 0 Å². The van der Waals surface area contributed by atoms with E-state index in [1.54, 1.807) is 6.26 Å². The Morgan fingerprint density at radius 3 is 3.00 bits per heavy atom. The minimum Gasteiger partial charge on any atom is -0.468 e. The predicted molar refractivity (Wildman–Crippen MR) is 72.2 cm³/mol. The molecular weight excluding hydrogens is 254 g/mol. The normalized spacial score (nSPS) is 24.1. The van der Waals surface area contributed by atoms with Crippen molar-refractivity contribution in [2.24, 2.45) is 0 Å². The highest BCUT2D eigenvalue weighted by Crippen LogP contribution is 2.39. The van der Waals surface area contributed by atoms with Gasteiger partial charge in [0, 0.05) is 12.5 Å². The molecule has 5 heteroatoms. The lowest BCUT2D eigenvalue weighted by Crippen LogP contribution is -2.33. The van der Waals surface area contributed by atoms with Gasteiger partial charge in [0.2, 0.25) is 5.89 Å². The molecule has 2 fully saturated rings. The summed E-state index contributed by atoms with van der Waals surface area (Å²) in [6, 6.07) is 3.97. The molecule has 0 unspecified atom stereocenters. The third-order valence-electron chi connectivity index (χ3n) is 4.21. The zero-order chi connectivity index (χ0) is 13.4. The minimum atomic E-state index is 0.374. The van der Waals surface area contributed by atoms with Crippen LogP contribution < -0.4 is 0 Å². The molecule has 1 saturated heterocycles. The molecule has 0 amide bonds. The van der Waals surface area contributed by atoms with E-state index in [1.165, 1.54) is 19.3 Å². The van der Waals surface area contributed by atoms with Crippen LogP contribution in [0.2, 0.25) is 0 Å². The van der Waals surface area contributed by atoms with Gasteiger partial charge >= 0.3 is 0 Å². The maximum absolute atomic E-state index is 5.48. The summed E-state index contributed by atoms with van der Waals surface area (Å²) in [5, 5.41) is 4.13. The van der Waals surface area contributed by atoms with E-state index >= 15 is 0 Å². The Hall–Kier alpha value is -1.62. The van der Waals surface area contributed by atoms with Crippen LogP contribution in [-0.4, -0.2) is 28.1 Å². The molecule has 20 heavy (non-hydrogen) atoms. The number of piperidine rings is 1. The fourth-order valence-corrected chi connectivity index (χ4v) is 2.94. The van der Waals surface area contributed by atoms with Gasteiger partial charge in [0.25, 0.3) is 0 Å². The monoisotopic (exact) mass is 273 g/mol. The molecular formula is C15H19N3O2. The number of aromatic nitrogens is 2. The number of nitrogens with zero attached hydrogens (tertiary/aromatic N) is 3. The molecule has 4 rings (SSSR count). The lowest BCUT2D eigenvalue weighted by atomic mass is 9.98. The van der Waals surface area contributed by atoms with Gasteiger partial charge in [-0.3, -0.25) is 4.90 Å². The van der Waals surface area contributed by atoms with Crippen LogP contribution in [0.1, 0.15) is 55.0 Å². The molecule has 1 aliphatic heterocycles. The van der Waals surface area contributed by atoms with E-state index in [0.29, 0.717) is 11.8 Å². The van der Waals surface area contributed by atoms with Gasteiger partial charge in [-0.05, 0) is 44.4 Å². The van der Waals surface area contributed by atoms with E-state index in [9.17, 15) is 0 Å².